The van der Waals surface area contributed by atoms with E-state index in [1.807, 2.05) is 0 Å². The molecule has 0 N–H and O–H groups in total. The molecule has 172 valence electrons. The van der Waals surface area contributed by atoms with Gasteiger partial charge in [0.25, 0.3) is 5.97 Å². The van der Waals surface area contributed by atoms with Crippen molar-refractivity contribution in [2.45, 2.75) is 103 Å². The van der Waals surface area contributed by atoms with Crippen LogP contribution in [0.25, 0.3) is 0 Å². The van der Waals surface area contributed by atoms with Gasteiger partial charge in [-0.25, -0.2) is 4.79 Å². The van der Waals surface area contributed by atoms with Crippen molar-refractivity contribution in [3.05, 3.63) is 12.7 Å². The summed E-state index contributed by atoms with van der Waals surface area (Å²) in [5.74, 6) is -1.02. The average Bonchev–Trinajstić information content (AvgIpc) is 2.75. The van der Waals surface area contributed by atoms with E-state index >= 15 is 0 Å². The molecule has 5 nitrogen and oxygen atoms in total. The van der Waals surface area contributed by atoms with Crippen LogP contribution >= 0.6 is 0 Å². The summed E-state index contributed by atoms with van der Waals surface area (Å²) in [4.78, 5) is 11.0. The van der Waals surface area contributed by atoms with E-state index in [-0.39, 0.29) is 11.9 Å². The fourth-order valence-corrected chi connectivity index (χ4v) is 3.85. The topological polar surface area (TPSA) is 54.0 Å². The first-order valence-corrected chi connectivity index (χ1v) is 11.5. The highest BCUT2D eigenvalue weighted by atomic mass is 16.9. The lowest BCUT2D eigenvalue weighted by Gasteiger charge is -2.36. The number of methoxy groups -OCH3 is 3. The van der Waals surface area contributed by atoms with Gasteiger partial charge >= 0.3 is 5.97 Å². The van der Waals surface area contributed by atoms with Gasteiger partial charge in [-0.2, -0.15) is 0 Å². The molecule has 0 bridgehead atoms. The maximum atomic E-state index is 11.0. The smallest absolute Gasteiger partial charge is 0.330 e. The Morgan fingerprint density at radius 3 is 1.69 bits per heavy atom. The molecular weight excluding hydrogens is 368 g/mol. The second-order valence-corrected chi connectivity index (χ2v) is 7.75. The zero-order valence-corrected chi connectivity index (χ0v) is 19.5. The molecule has 0 spiro atoms. The predicted octanol–water partition coefficient (Wildman–Crippen LogP) is 6.41. The van der Waals surface area contributed by atoms with Crippen LogP contribution in [-0.4, -0.2) is 39.9 Å². The fraction of sp³-hybridized carbons (Fsp3) is 0.875. The summed E-state index contributed by atoms with van der Waals surface area (Å²) in [5.41, 5.74) is 0. The first kappa shape index (κ1) is 28.1. The second-order valence-electron chi connectivity index (χ2n) is 7.75. The molecule has 5 heteroatoms. The minimum Gasteiger partial charge on any atom is -0.463 e. The molecule has 0 saturated carbocycles. The van der Waals surface area contributed by atoms with Gasteiger partial charge in [-0.1, -0.05) is 84.1 Å². The highest BCUT2D eigenvalue weighted by molar-refractivity contribution is 5.81. The molecule has 0 aliphatic rings. The Kier molecular flexibility index (Phi) is 18.5. The quantitative estimate of drug-likeness (QED) is 0.0940. The van der Waals surface area contributed by atoms with E-state index in [4.69, 9.17) is 18.9 Å². The van der Waals surface area contributed by atoms with Crippen LogP contribution in [-0.2, 0) is 23.7 Å². The van der Waals surface area contributed by atoms with Crippen molar-refractivity contribution in [2.24, 2.45) is 5.92 Å². The molecule has 0 amide bonds. The fourth-order valence-electron chi connectivity index (χ4n) is 3.85. The van der Waals surface area contributed by atoms with Gasteiger partial charge in [0.05, 0.1) is 6.61 Å². The number of unbranched alkanes of at least 4 members (excludes halogenated alkanes) is 10. The Morgan fingerprint density at radius 2 is 1.24 bits per heavy atom. The zero-order chi connectivity index (χ0) is 21.8. The number of rotatable bonds is 21. The van der Waals surface area contributed by atoms with Crippen molar-refractivity contribution in [3.8, 4) is 0 Å². The summed E-state index contributed by atoms with van der Waals surface area (Å²) in [7, 11) is 5.00. The van der Waals surface area contributed by atoms with E-state index in [1.54, 1.807) is 21.3 Å². The van der Waals surface area contributed by atoms with Gasteiger partial charge in [-0.05, 0) is 19.3 Å². The molecule has 0 aliphatic carbocycles. The van der Waals surface area contributed by atoms with E-state index in [1.165, 1.54) is 57.4 Å². The van der Waals surface area contributed by atoms with Gasteiger partial charge in [0.2, 0.25) is 0 Å². The van der Waals surface area contributed by atoms with Crippen molar-refractivity contribution in [2.75, 3.05) is 27.9 Å². The predicted molar refractivity (Wildman–Crippen MR) is 119 cm³/mol. The van der Waals surface area contributed by atoms with Crippen LogP contribution in [0.15, 0.2) is 12.7 Å². The Hall–Kier alpha value is -0.910. The summed E-state index contributed by atoms with van der Waals surface area (Å²) < 4.78 is 22.0. The SMILES string of the molecule is C=CC(=O)OCCCCCCCCC(CCCCCCCC)C(OC)(OC)OC. The van der Waals surface area contributed by atoms with Crippen LogP contribution in [0, 0.1) is 5.92 Å². The van der Waals surface area contributed by atoms with Gasteiger partial charge in [0.15, 0.2) is 0 Å². The number of carbonyl (C=O) groups is 1. The third-order valence-corrected chi connectivity index (χ3v) is 5.62. The lowest BCUT2D eigenvalue weighted by atomic mass is 9.91. The van der Waals surface area contributed by atoms with Gasteiger partial charge in [0, 0.05) is 33.3 Å². The van der Waals surface area contributed by atoms with Crippen molar-refractivity contribution in [3.63, 3.8) is 0 Å². The van der Waals surface area contributed by atoms with Crippen molar-refractivity contribution in [1.29, 1.82) is 0 Å². The maximum absolute atomic E-state index is 11.0. The molecular formula is C24H46O5. The summed E-state index contributed by atoms with van der Waals surface area (Å²) in [6.07, 6.45) is 17.7. The van der Waals surface area contributed by atoms with Crippen molar-refractivity contribution < 1.29 is 23.7 Å². The zero-order valence-electron chi connectivity index (χ0n) is 19.5. The van der Waals surface area contributed by atoms with E-state index < -0.39 is 5.97 Å². The van der Waals surface area contributed by atoms with E-state index in [0.29, 0.717) is 6.61 Å². The molecule has 0 aromatic rings. The summed E-state index contributed by atoms with van der Waals surface area (Å²) in [6, 6.07) is 0. The van der Waals surface area contributed by atoms with Crippen LogP contribution in [0.1, 0.15) is 96.8 Å². The highest BCUT2D eigenvalue weighted by Gasteiger charge is 2.39. The summed E-state index contributed by atoms with van der Waals surface area (Å²) in [5, 5.41) is 0. The van der Waals surface area contributed by atoms with E-state index in [9.17, 15) is 4.79 Å². The van der Waals surface area contributed by atoms with Crippen LogP contribution < -0.4 is 0 Å². The minimum atomic E-state index is -0.932. The molecule has 0 saturated heterocycles. The van der Waals surface area contributed by atoms with Crippen molar-refractivity contribution in [1.82, 2.24) is 0 Å². The van der Waals surface area contributed by atoms with Crippen molar-refractivity contribution >= 4 is 5.97 Å². The first-order chi connectivity index (χ1) is 14.1. The lowest BCUT2D eigenvalue weighted by molar-refractivity contribution is -0.380. The molecule has 0 fully saturated rings. The normalized spacial score (nSPS) is 12.7. The minimum absolute atomic E-state index is 0.243. The van der Waals surface area contributed by atoms with Gasteiger partial charge in [0.1, 0.15) is 0 Å². The van der Waals surface area contributed by atoms with Crippen LogP contribution in [0.5, 0.6) is 0 Å². The molecule has 1 atom stereocenters. The van der Waals surface area contributed by atoms with Crippen LogP contribution in [0.2, 0.25) is 0 Å². The maximum Gasteiger partial charge on any atom is 0.330 e. The van der Waals surface area contributed by atoms with Crippen LogP contribution in [0.4, 0.5) is 0 Å². The Labute approximate surface area is 179 Å². The summed E-state index contributed by atoms with van der Waals surface area (Å²) >= 11 is 0. The average molecular weight is 415 g/mol. The number of hydrogen-bond acceptors (Lipinski definition) is 5. The highest BCUT2D eigenvalue weighted by Crippen LogP contribution is 2.33. The Morgan fingerprint density at radius 1 is 0.793 bits per heavy atom. The van der Waals surface area contributed by atoms with Gasteiger partial charge < -0.3 is 18.9 Å². The molecule has 0 rings (SSSR count). The number of ether oxygens (including phenoxy) is 4. The molecule has 1 unspecified atom stereocenters. The second kappa shape index (κ2) is 19.1. The Bertz CT molecular complexity index is 384. The molecule has 0 aromatic carbocycles. The third-order valence-electron chi connectivity index (χ3n) is 5.62. The number of carbonyl (C=O) groups excluding carboxylic acids is 1. The van der Waals surface area contributed by atoms with Crippen LogP contribution in [0.3, 0.4) is 0 Å². The standard InChI is InChI=1S/C24H46O5/c1-6-8-9-10-13-16-19-22(24(26-3,27-4)28-5)20-17-14-11-12-15-18-21-29-23(25)7-2/h7,22H,2,6,8-21H2,1,3-5H3. The Balaban J connectivity index is 4.14. The molecule has 0 radical (unpaired) electrons. The molecule has 0 aromatic heterocycles. The molecule has 29 heavy (non-hydrogen) atoms. The largest absolute Gasteiger partial charge is 0.463 e. The first-order valence-electron chi connectivity index (χ1n) is 11.5. The van der Waals surface area contributed by atoms with E-state index in [0.717, 1.165) is 38.5 Å². The lowest BCUT2D eigenvalue weighted by Crippen LogP contribution is -2.44. The monoisotopic (exact) mass is 414 g/mol. The number of esters is 1. The third kappa shape index (κ3) is 13.1. The number of hydrogen-bond donors (Lipinski definition) is 0. The van der Waals surface area contributed by atoms with Gasteiger partial charge in [-0.3, -0.25) is 0 Å². The molecule has 0 heterocycles. The molecule has 0 aliphatic heterocycles. The summed E-state index contributed by atoms with van der Waals surface area (Å²) in [6.45, 7) is 6.13. The van der Waals surface area contributed by atoms with Gasteiger partial charge in [-0.15, -0.1) is 0 Å². The van der Waals surface area contributed by atoms with E-state index in [2.05, 4.69) is 13.5 Å².